The molecule has 462 valence electrons. The van der Waals surface area contributed by atoms with E-state index in [2.05, 4.69) is 43.5 Å². The zero-order valence-corrected chi connectivity index (χ0v) is 52.9. The average Bonchev–Trinajstić information content (AvgIpc) is 3.44. The molecule has 0 heterocycles. The van der Waals surface area contributed by atoms with Crippen molar-refractivity contribution < 1.29 is 24.5 Å². The van der Waals surface area contributed by atoms with E-state index in [0.29, 0.717) is 25.9 Å². The number of esters is 1. The van der Waals surface area contributed by atoms with E-state index in [4.69, 9.17) is 4.74 Å². The number of aliphatic hydroxyl groups excluding tert-OH is 2. The summed E-state index contributed by atoms with van der Waals surface area (Å²) < 4.78 is 5.47. The number of carbonyl (C=O) groups is 2. The maximum Gasteiger partial charge on any atom is 0.305 e. The number of nitrogens with one attached hydrogen (secondary N) is 1. The highest BCUT2D eigenvalue weighted by Gasteiger charge is 2.20. The Morgan fingerprint density at radius 3 is 0.936 bits per heavy atom. The molecular formula is C72H139NO5. The summed E-state index contributed by atoms with van der Waals surface area (Å²) in [5.41, 5.74) is 0. The van der Waals surface area contributed by atoms with Crippen molar-refractivity contribution in [1.29, 1.82) is 0 Å². The molecule has 0 aromatic heterocycles. The Labute approximate surface area is 488 Å². The molecular weight excluding hydrogens is 959 g/mol. The molecule has 0 saturated heterocycles. The normalized spacial score (nSPS) is 12.6. The van der Waals surface area contributed by atoms with E-state index in [1.54, 1.807) is 0 Å². The van der Waals surface area contributed by atoms with E-state index >= 15 is 0 Å². The molecule has 0 radical (unpaired) electrons. The maximum atomic E-state index is 12.6. The molecule has 0 aromatic rings. The lowest BCUT2D eigenvalue weighted by atomic mass is 10.0. The van der Waals surface area contributed by atoms with Gasteiger partial charge in [-0.2, -0.15) is 0 Å². The second-order valence-corrected chi connectivity index (χ2v) is 24.6. The van der Waals surface area contributed by atoms with Crippen LogP contribution in [0.4, 0.5) is 0 Å². The highest BCUT2D eigenvalue weighted by Crippen LogP contribution is 2.19. The van der Waals surface area contributed by atoms with Crippen LogP contribution in [0, 0.1) is 0 Å². The smallest absolute Gasteiger partial charge is 0.305 e. The first-order valence-corrected chi connectivity index (χ1v) is 35.6. The zero-order chi connectivity index (χ0) is 56.4. The fourth-order valence-electron chi connectivity index (χ4n) is 11.3. The fraction of sp³-hybridized carbons (Fsp3) is 0.917. The van der Waals surface area contributed by atoms with Crippen LogP contribution in [-0.2, 0) is 14.3 Å². The number of carbonyl (C=O) groups excluding carboxylic acids is 2. The summed E-state index contributed by atoms with van der Waals surface area (Å²) in [6.45, 7) is 4.96. The van der Waals surface area contributed by atoms with Gasteiger partial charge in [-0.15, -0.1) is 0 Å². The van der Waals surface area contributed by atoms with Gasteiger partial charge in [0.2, 0.25) is 5.91 Å². The van der Waals surface area contributed by atoms with Crippen LogP contribution in [0.1, 0.15) is 399 Å². The summed E-state index contributed by atoms with van der Waals surface area (Å²) >= 11 is 0. The van der Waals surface area contributed by atoms with Crippen LogP contribution in [0.3, 0.4) is 0 Å². The van der Waals surface area contributed by atoms with Crippen LogP contribution in [0.5, 0.6) is 0 Å². The molecule has 0 aliphatic rings. The summed E-state index contributed by atoms with van der Waals surface area (Å²) in [6.07, 6.45) is 85.1. The Morgan fingerprint density at radius 2 is 0.603 bits per heavy atom. The molecule has 0 saturated carbocycles. The fourth-order valence-corrected chi connectivity index (χ4v) is 11.3. The minimum Gasteiger partial charge on any atom is -0.466 e. The Kier molecular flexibility index (Phi) is 66.4. The van der Waals surface area contributed by atoms with Crippen molar-refractivity contribution in [2.24, 2.45) is 0 Å². The Balaban J connectivity index is 3.41. The van der Waals surface area contributed by atoms with Crippen LogP contribution in [-0.4, -0.2) is 47.4 Å². The zero-order valence-electron chi connectivity index (χ0n) is 52.9. The summed E-state index contributed by atoms with van der Waals surface area (Å²) in [6, 6.07) is -0.546. The van der Waals surface area contributed by atoms with Gasteiger partial charge < -0.3 is 20.3 Å². The van der Waals surface area contributed by atoms with Gasteiger partial charge in [0.25, 0.3) is 0 Å². The van der Waals surface area contributed by atoms with Crippen molar-refractivity contribution >= 4 is 11.9 Å². The predicted octanol–water partition coefficient (Wildman–Crippen LogP) is 22.9. The van der Waals surface area contributed by atoms with Crippen LogP contribution in [0.2, 0.25) is 0 Å². The number of allylic oxidation sites excluding steroid dienone is 4. The predicted molar refractivity (Wildman–Crippen MR) is 343 cm³/mol. The maximum absolute atomic E-state index is 12.6. The van der Waals surface area contributed by atoms with E-state index in [1.807, 2.05) is 0 Å². The van der Waals surface area contributed by atoms with Crippen LogP contribution >= 0.6 is 0 Å². The van der Waals surface area contributed by atoms with E-state index in [-0.39, 0.29) is 18.5 Å². The van der Waals surface area contributed by atoms with Crippen molar-refractivity contribution in [1.82, 2.24) is 5.32 Å². The van der Waals surface area contributed by atoms with Gasteiger partial charge in [0.05, 0.1) is 25.4 Å². The Hall–Kier alpha value is -1.66. The number of aliphatic hydroxyl groups is 2. The van der Waals surface area contributed by atoms with Crippen molar-refractivity contribution in [3.05, 3.63) is 24.3 Å². The third-order valence-electron chi connectivity index (χ3n) is 16.7. The minimum atomic E-state index is -0.669. The number of unbranched alkanes of at least 4 members (excludes halogenated alkanes) is 52. The van der Waals surface area contributed by atoms with Gasteiger partial charge in [-0.3, -0.25) is 9.59 Å². The van der Waals surface area contributed by atoms with Gasteiger partial charge in [0.15, 0.2) is 0 Å². The second-order valence-electron chi connectivity index (χ2n) is 24.6. The molecule has 6 heteroatoms. The van der Waals surface area contributed by atoms with Crippen molar-refractivity contribution in [3.63, 3.8) is 0 Å². The van der Waals surface area contributed by atoms with Gasteiger partial charge in [0, 0.05) is 12.8 Å². The van der Waals surface area contributed by atoms with Crippen molar-refractivity contribution in [2.45, 2.75) is 411 Å². The summed E-state index contributed by atoms with van der Waals surface area (Å²) in [4.78, 5) is 24.6. The molecule has 0 fully saturated rings. The third-order valence-corrected chi connectivity index (χ3v) is 16.7. The minimum absolute atomic E-state index is 0.00325. The molecule has 2 atom stereocenters. The molecule has 0 spiro atoms. The second kappa shape index (κ2) is 67.8. The van der Waals surface area contributed by atoms with E-state index in [9.17, 15) is 19.8 Å². The largest absolute Gasteiger partial charge is 0.466 e. The quantitative estimate of drug-likeness (QED) is 0.0320. The number of hydrogen-bond acceptors (Lipinski definition) is 5. The monoisotopic (exact) mass is 1100 g/mol. The van der Waals surface area contributed by atoms with Gasteiger partial charge in [0.1, 0.15) is 0 Å². The van der Waals surface area contributed by atoms with E-state index in [0.717, 1.165) is 44.9 Å². The first-order chi connectivity index (χ1) is 38.5. The van der Waals surface area contributed by atoms with Crippen molar-refractivity contribution in [3.8, 4) is 0 Å². The van der Waals surface area contributed by atoms with Gasteiger partial charge >= 0.3 is 5.97 Å². The first-order valence-electron chi connectivity index (χ1n) is 35.6. The molecule has 0 aliphatic heterocycles. The highest BCUT2D eigenvalue weighted by atomic mass is 16.5. The molecule has 2 unspecified atom stereocenters. The van der Waals surface area contributed by atoms with Crippen molar-refractivity contribution in [2.75, 3.05) is 13.2 Å². The summed E-state index contributed by atoms with van der Waals surface area (Å²) in [5.74, 6) is -0.0315. The van der Waals surface area contributed by atoms with Crippen LogP contribution in [0.25, 0.3) is 0 Å². The van der Waals surface area contributed by atoms with Gasteiger partial charge in [-0.05, 0) is 77.0 Å². The van der Waals surface area contributed by atoms with E-state index in [1.165, 1.54) is 321 Å². The lowest BCUT2D eigenvalue weighted by Gasteiger charge is -2.22. The number of amides is 1. The van der Waals surface area contributed by atoms with E-state index < -0.39 is 12.1 Å². The lowest BCUT2D eigenvalue weighted by molar-refractivity contribution is -0.143. The molecule has 1 amide bonds. The number of hydrogen-bond donors (Lipinski definition) is 3. The van der Waals surface area contributed by atoms with Crippen LogP contribution < -0.4 is 5.32 Å². The molecule has 0 aliphatic carbocycles. The Morgan fingerprint density at radius 1 is 0.346 bits per heavy atom. The summed E-state index contributed by atoms with van der Waals surface area (Å²) in [7, 11) is 0. The first kappa shape index (κ1) is 76.3. The highest BCUT2D eigenvalue weighted by molar-refractivity contribution is 5.76. The van der Waals surface area contributed by atoms with Gasteiger partial charge in [-0.25, -0.2) is 0 Å². The molecule has 0 bridgehead atoms. The topological polar surface area (TPSA) is 95.9 Å². The average molecular weight is 1100 g/mol. The third kappa shape index (κ3) is 63.5. The standard InChI is InChI=1S/C72H139NO5/c1-3-5-7-9-11-13-15-17-18-19-20-21-22-23-26-29-32-35-38-41-44-48-52-56-60-64-70(75)69(68-74)73-71(76)65-61-57-53-49-45-42-39-36-33-30-27-24-25-28-31-34-37-40-43-47-51-55-59-63-67-78-72(77)66-62-58-54-50-46-16-14-12-10-8-6-4-2/h12,14,27,30,69-70,74-75H,3-11,13,15-26,28-29,31-68H2,1-2H3,(H,73,76)/b14-12-,30-27-. The van der Waals surface area contributed by atoms with Crippen LogP contribution in [0.15, 0.2) is 24.3 Å². The molecule has 6 nitrogen and oxygen atoms in total. The number of rotatable bonds is 67. The molecule has 3 N–H and O–H groups in total. The molecule has 78 heavy (non-hydrogen) atoms. The number of ether oxygens (including phenoxy) is 1. The Bertz CT molecular complexity index is 1220. The van der Waals surface area contributed by atoms with Gasteiger partial charge in [-0.1, -0.05) is 334 Å². The lowest BCUT2D eigenvalue weighted by Crippen LogP contribution is -2.45. The molecule has 0 aromatic carbocycles. The SMILES string of the molecule is CCCCC/C=C\CCCCCCCC(=O)OCCCCCCCCCCCCCC/C=C\CCCCCCCCCCC(=O)NC(CO)C(O)CCCCCCCCCCCCCCCCCCCCCCCCCCC. The molecule has 0 rings (SSSR count). The summed E-state index contributed by atoms with van der Waals surface area (Å²) in [5, 5.41) is 23.4.